The second-order valence-electron chi connectivity index (χ2n) is 9.33. The van der Waals surface area contributed by atoms with Crippen LogP contribution in [0.3, 0.4) is 0 Å². The summed E-state index contributed by atoms with van der Waals surface area (Å²) in [6.45, 7) is 9.88. The predicted molar refractivity (Wildman–Crippen MR) is 126 cm³/mol. The molecule has 0 atom stereocenters. The third-order valence-electron chi connectivity index (χ3n) is 5.89. The van der Waals surface area contributed by atoms with E-state index in [9.17, 15) is 9.59 Å². The predicted octanol–water partition coefficient (Wildman–Crippen LogP) is 5.29. The van der Waals surface area contributed by atoms with Crippen LogP contribution in [0.25, 0.3) is 10.9 Å². The molecule has 2 aromatic heterocycles. The Morgan fingerprint density at radius 3 is 2.53 bits per heavy atom. The Morgan fingerprint density at radius 1 is 1.09 bits per heavy atom. The van der Waals surface area contributed by atoms with Gasteiger partial charge in [0.15, 0.2) is 0 Å². The van der Waals surface area contributed by atoms with Gasteiger partial charge in [-0.05, 0) is 76.9 Å². The number of aryl methyl sites for hydroxylation is 1. The van der Waals surface area contributed by atoms with Crippen molar-refractivity contribution >= 4 is 28.6 Å². The topological polar surface area (TPSA) is 68.5 Å². The minimum atomic E-state index is -0.498. The number of ether oxygens (including phenoxy) is 1. The van der Waals surface area contributed by atoms with Crippen LogP contribution in [-0.4, -0.2) is 44.7 Å². The fraction of sp³-hybridized carbons (Fsp3) is 0.440. The molecule has 1 fully saturated rings. The summed E-state index contributed by atoms with van der Waals surface area (Å²) in [5.41, 5.74) is 2.07. The molecule has 0 saturated carbocycles. The summed E-state index contributed by atoms with van der Waals surface area (Å²) in [5.74, 6) is -0.126. The summed E-state index contributed by atoms with van der Waals surface area (Å²) >= 11 is 0. The maximum Gasteiger partial charge on any atom is 0.410 e. The van der Waals surface area contributed by atoms with Crippen molar-refractivity contribution in [3.05, 3.63) is 54.5 Å². The van der Waals surface area contributed by atoms with E-state index in [1.54, 1.807) is 4.90 Å². The van der Waals surface area contributed by atoms with Gasteiger partial charge in [-0.3, -0.25) is 4.79 Å². The number of rotatable bonds is 4. The van der Waals surface area contributed by atoms with Gasteiger partial charge < -0.3 is 24.1 Å². The number of nitrogens with one attached hydrogen (secondary N) is 1. The second-order valence-corrected chi connectivity index (χ2v) is 9.33. The Morgan fingerprint density at radius 2 is 1.84 bits per heavy atom. The Bertz CT molecular complexity index is 1110. The summed E-state index contributed by atoms with van der Waals surface area (Å²) in [7, 11) is 0. The summed E-state index contributed by atoms with van der Waals surface area (Å²) in [4.78, 5) is 27.1. The van der Waals surface area contributed by atoms with Gasteiger partial charge in [-0.1, -0.05) is 0 Å². The Hall–Kier alpha value is -3.22. The van der Waals surface area contributed by atoms with Crippen LogP contribution in [0.15, 0.2) is 48.8 Å². The Kier molecular flexibility index (Phi) is 6.00. The van der Waals surface area contributed by atoms with Gasteiger partial charge in [0.1, 0.15) is 11.3 Å². The molecule has 170 valence electrons. The molecular formula is C25H32N4O3. The first kappa shape index (κ1) is 22.0. The van der Waals surface area contributed by atoms with Crippen LogP contribution in [0.1, 0.15) is 57.1 Å². The van der Waals surface area contributed by atoms with Crippen molar-refractivity contribution in [2.45, 2.75) is 58.7 Å². The van der Waals surface area contributed by atoms with Gasteiger partial charge in [0.2, 0.25) is 0 Å². The minimum absolute atomic E-state index is 0.126. The highest BCUT2D eigenvalue weighted by Gasteiger charge is 2.28. The van der Waals surface area contributed by atoms with Crippen LogP contribution in [-0.2, 0) is 11.3 Å². The van der Waals surface area contributed by atoms with Crippen molar-refractivity contribution in [3.8, 4) is 0 Å². The molecule has 1 aromatic carbocycles. The maximum atomic E-state index is 13.0. The molecule has 0 bridgehead atoms. The molecule has 0 spiro atoms. The number of likely N-dealkylation sites (tertiary alicyclic amines) is 1. The number of hydrogen-bond acceptors (Lipinski definition) is 3. The highest BCUT2D eigenvalue weighted by atomic mass is 16.6. The third-order valence-corrected chi connectivity index (χ3v) is 5.89. The van der Waals surface area contributed by atoms with Crippen molar-refractivity contribution in [2.24, 2.45) is 0 Å². The van der Waals surface area contributed by atoms with E-state index in [0.29, 0.717) is 18.8 Å². The summed E-state index contributed by atoms with van der Waals surface area (Å²) < 4.78 is 9.70. The van der Waals surface area contributed by atoms with E-state index < -0.39 is 5.60 Å². The number of hydrogen-bond donors (Lipinski definition) is 1. The lowest BCUT2D eigenvalue weighted by molar-refractivity contribution is 0.0187. The second kappa shape index (κ2) is 8.73. The Labute approximate surface area is 188 Å². The van der Waals surface area contributed by atoms with Crippen LogP contribution in [0, 0.1) is 0 Å². The largest absolute Gasteiger partial charge is 0.444 e. The number of carbonyl (C=O) groups excluding carboxylic acids is 2. The van der Waals surface area contributed by atoms with E-state index in [-0.39, 0.29) is 18.0 Å². The number of carbonyl (C=O) groups is 2. The third kappa shape index (κ3) is 4.66. The molecule has 1 saturated heterocycles. The molecule has 3 aromatic rings. The molecule has 1 N–H and O–H groups in total. The summed E-state index contributed by atoms with van der Waals surface area (Å²) in [6, 6.07) is 12.0. The van der Waals surface area contributed by atoms with E-state index in [1.165, 1.54) is 0 Å². The van der Waals surface area contributed by atoms with E-state index in [1.807, 2.05) is 61.9 Å². The van der Waals surface area contributed by atoms with Gasteiger partial charge in [0, 0.05) is 54.7 Å². The molecule has 0 radical (unpaired) electrons. The number of nitrogens with zero attached hydrogens (tertiary/aromatic N) is 3. The number of amides is 2. The van der Waals surface area contributed by atoms with Gasteiger partial charge in [-0.2, -0.15) is 0 Å². The first-order chi connectivity index (χ1) is 15.2. The van der Waals surface area contributed by atoms with Crippen LogP contribution in [0.2, 0.25) is 0 Å². The molecule has 2 amide bonds. The van der Waals surface area contributed by atoms with Crippen molar-refractivity contribution in [3.63, 3.8) is 0 Å². The molecule has 0 aliphatic carbocycles. The zero-order valence-corrected chi connectivity index (χ0v) is 19.3. The molecule has 32 heavy (non-hydrogen) atoms. The zero-order chi connectivity index (χ0) is 22.9. The van der Waals surface area contributed by atoms with Crippen molar-refractivity contribution in [1.82, 2.24) is 14.0 Å². The molecule has 7 heteroatoms. The average molecular weight is 437 g/mol. The maximum absolute atomic E-state index is 13.0. The van der Waals surface area contributed by atoms with Crippen LogP contribution >= 0.6 is 0 Å². The molecule has 1 aliphatic rings. The lowest BCUT2D eigenvalue weighted by atomic mass is 10.0. The molecule has 7 nitrogen and oxygen atoms in total. The first-order valence-electron chi connectivity index (χ1n) is 11.3. The van der Waals surface area contributed by atoms with Gasteiger partial charge >= 0.3 is 6.09 Å². The van der Waals surface area contributed by atoms with Crippen molar-refractivity contribution in [2.75, 3.05) is 18.4 Å². The average Bonchev–Trinajstić information content (AvgIpc) is 3.39. The van der Waals surface area contributed by atoms with Gasteiger partial charge in [0.25, 0.3) is 5.91 Å². The van der Waals surface area contributed by atoms with Crippen LogP contribution in [0.5, 0.6) is 0 Å². The Balaban J connectivity index is 1.41. The quantitative estimate of drug-likeness (QED) is 0.604. The molecule has 0 unspecified atom stereocenters. The fourth-order valence-corrected chi connectivity index (χ4v) is 4.31. The normalized spacial score (nSPS) is 15.2. The number of fused-ring (bicyclic) bond motifs is 1. The SMILES string of the molecule is CCn1ccc2cc(NC(=O)c3cccn3C3CCN(C(=O)OC(C)(C)C)CC3)ccc21. The molecular weight excluding hydrogens is 404 g/mol. The smallest absolute Gasteiger partial charge is 0.410 e. The van der Waals surface area contributed by atoms with Crippen molar-refractivity contribution < 1.29 is 14.3 Å². The lowest BCUT2D eigenvalue weighted by Gasteiger charge is -2.34. The number of piperidine rings is 1. The highest BCUT2D eigenvalue weighted by Crippen LogP contribution is 2.27. The van der Waals surface area contributed by atoms with Gasteiger partial charge in [-0.25, -0.2) is 4.79 Å². The summed E-state index contributed by atoms with van der Waals surface area (Å²) in [5, 5.41) is 4.15. The molecule has 1 aliphatic heterocycles. The lowest BCUT2D eigenvalue weighted by Crippen LogP contribution is -2.42. The molecule has 3 heterocycles. The first-order valence-corrected chi connectivity index (χ1v) is 11.3. The number of aromatic nitrogens is 2. The fourth-order valence-electron chi connectivity index (χ4n) is 4.31. The van der Waals surface area contributed by atoms with Gasteiger partial charge in [0.05, 0.1) is 0 Å². The molecule has 4 rings (SSSR count). The van der Waals surface area contributed by atoms with E-state index in [0.717, 1.165) is 36.0 Å². The van der Waals surface area contributed by atoms with Gasteiger partial charge in [-0.15, -0.1) is 0 Å². The van der Waals surface area contributed by atoms with E-state index >= 15 is 0 Å². The zero-order valence-electron chi connectivity index (χ0n) is 19.3. The highest BCUT2D eigenvalue weighted by molar-refractivity contribution is 6.04. The van der Waals surface area contributed by atoms with E-state index in [4.69, 9.17) is 4.74 Å². The van der Waals surface area contributed by atoms with Crippen LogP contribution < -0.4 is 5.32 Å². The minimum Gasteiger partial charge on any atom is -0.444 e. The summed E-state index contributed by atoms with van der Waals surface area (Å²) in [6.07, 6.45) is 5.31. The van der Waals surface area contributed by atoms with E-state index in [2.05, 4.69) is 29.1 Å². The number of anilines is 1. The number of benzene rings is 1. The van der Waals surface area contributed by atoms with Crippen molar-refractivity contribution in [1.29, 1.82) is 0 Å². The monoisotopic (exact) mass is 436 g/mol. The van der Waals surface area contributed by atoms with Crippen LogP contribution in [0.4, 0.5) is 10.5 Å². The standard InChI is InChI=1S/C25H32N4O3/c1-5-27-14-10-18-17-19(8-9-21(18)27)26-23(30)22-7-6-13-29(22)20-11-15-28(16-12-20)24(31)32-25(2,3)4/h6-10,13-14,17,20H,5,11-12,15-16H2,1-4H3,(H,26,30).